The first-order valence-electron chi connectivity index (χ1n) is 8.19. The summed E-state index contributed by atoms with van der Waals surface area (Å²) in [7, 11) is 0. The molecule has 0 unspecified atom stereocenters. The third kappa shape index (κ3) is 4.35. The predicted molar refractivity (Wildman–Crippen MR) is 93.6 cm³/mol. The van der Waals surface area contributed by atoms with Crippen molar-refractivity contribution in [1.29, 1.82) is 0 Å². The van der Waals surface area contributed by atoms with Gasteiger partial charge in [-0.15, -0.1) is 0 Å². The van der Waals surface area contributed by atoms with E-state index in [4.69, 9.17) is 4.42 Å². The third-order valence-corrected chi connectivity index (χ3v) is 3.84. The van der Waals surface area contributed by atoms with Crippen LogP contribution in [0.25, 0.3) is 5.69 Å². The van der Waals surface area contributed by atoms with Crippen LogP contribution in [-0.4, -0.2) is 33.1 Å². The first-order valence-corrected chi connectivity index (χ1v) is 8.19. The molecule has 3 rings (SSSR count). The van der Waals surface area contributed by atoms with Crippen LogP contribution >= 0.6 is 0 Å². The van der Waals surface area contributed by atoms with Crippen molar-refractivity contribution >= 4 is 11.8 Å². The average Bonchev–Trinajstić information content (AvgIpc) is 3.35. The summed E-state index contributed by atoms with van der Waals surface area (Å²) < 4.78 is 6.65. The number of carbonyl (C=O) groups excluding carboxylic acids is 2. The zero-order valence-electron chi connectivity index (χ0n) is 14.3. The van der Waals surface area contributed by atoms with E-state index in [1.807, 2.05) is 31.2 Å². The predicted octanol–water partition coefficient (Wildman–Crippen LogP) is 1.86. The van der Waals surface area contributed by atoms with Crippen LogP contribution in [-0.2, 0) is 4.79 Å². The van der Waals surface area contributed by atoms with Gasteiger partial charge in [-0.25, -0.2) is 9.67 Å². The van der Waals surface area contributed by atoms with E-state index in [1.165, 1.54) is 12.6 Å². The van der Waals surface area contributed by atoms with Gasteiger partial charge in [0.1, 0.15) is 12.7 Å². The molecule has 26 heavy (non-hydrogen) atoms. The molecule has 3 aromatic rings. The number of amides is 2. The molecule has 0 aliphatic heterocycles. The summed E-state index contributed by atoms with van der Waals surface area (Å²) in [5.41, 5.74) is 1.87. The Labute approximate surface area is 150 Å². The minimum atomic E-state index is -0.334. The zero-order valence-corrected chi connectivity index (χ0v) is 14.3. The van der Waals surface area contributed by atoms with Crippen LogP contribution in [0.2, 0.25) is 0 Å². The van der Waals surface area contributed by atoms with E-state index in [-0.39, 0.29) is 36.6 Å². The average molecular weight is 353 g/mol. The summed E-state index contributed by atoms with van der Waals surface area (Å²) in [5, 5.41) is 9.62. The summed E-state index contributed by atoms with van der Waals surface area (Å²) in [5.74, 6) is -0.247. The second kappa shape index (κ2) is 8.11. The fraction of sp³-hybridized carbons (Fsp3) is 0.222. The molecule has 2 N–H and O–H groups in total. The number of carbonyl (C=O) groups is 2. The second-order valence-corrected chi connectivity index (χ2v) is 5.70. The molecule has 2 heterocycles. The normalized spacial score (nSPS) is 11.7. The number of hydrogen-bond donors (Lipinski definition) is 2. The largest absolute Gasteiger partial charge is 0.459 e. The van der Waals surface area contributed by atoms with Crippen molar-refractivity contribution in [2.75, 3.05) is 6.54 Å². The molecule has 8 heteroatoms. The zero-order chi connectivity index (χ0) is 18.4. The lowest BCUT2D eigenvalue weighted by atomic mass is 10.1. The third-order valence-electron chi connectivity index (χ3n) is 3.84. The molecule has 0 saturated heterocycles. The number of benzene rings is 1. The lowest BCUT2D eigenvalue weighted by Crippen LogP contribution is -2.32. The highest BCUT2D eigenvalue weighted by Gasteiger charge is 2.12. The monoisotopic (exact) mass is 353 g/mol. The fourth-order valence-corrected chi connectivity index (χ4v) is 2.44. The topological polar surface area (TPSA) is 102 Å². The summed E-state index contributed by atoms with van der Waals surface area (Å²) >= 11 is 0. The Kier molecular flexibility index (Phi) is 5.43. The Hall–Kier alpha value is -3.42. The van der Waals surface area contributed by atoms with Crippen LogP contribution in [0.5, 0.6) is 0 Å². The van der Waals surface area contributed by atoms with Gasteiger partial charge in [0, 0.05) is 13.0 Å². The number of hydrogen-bond acceptors (Lipinski definition) is 5. The van der Waals surface area contributed by atoms with Crippen LogP contribution < -0.4 is 10.6 Å². The molecule has 0 saturated carbocycles. The van der Waals surface area contributed by atoms with Crippen LogP contribution in [0.1, 0.15) is 35.5 Å². The highest BCUT2D eigenvalue weighted by atomic mass is 16.3. The van der Waals surface area contributed by atoms with Gasteiger partial charge in [0.15, 0.2) is 5.76 Å². The number of nitrogens with one attached hydrogen (secondary N) is 2. The van der Waals surface area contributed by atoms with Crippen molar-refractivity contribution in [1.82, 2.24) is 25.4 Å². The van der Waals surface area contributed by atoms with Crippen molar-refractivity contribution in [2.24, 2.45) is 0 Å². The SMILES string of the molecule is C[C@@H](NC(=O)CCNC(=O)c1ccco1)c1ccc(-n2cncn2)cc1. The summed E-state index contributed by atoms with van der Waals surface area (Å²) in [6, 6.07) is 10.7. The van der Waals surface area contributed by atoms with Gasteiger partial charge in [-0.05, 0) is 36.8 Å². The number of furan rings is 1. The van der Waals surface area contributed by atoms with E-state index < -0.39 is 0 Å². The Morgan fingerprint density at radius 1 is 1.23 bits per heavy atom. The molecule has 0 aliphatic carbocycles. The Morgan fingerprint density at radius 2 is 2.04 bits per heavy atom. The minimum absolute atomic E-state index is 0.141. The molecule has 0 fully saturated rings. The van der Waals surface area contributed by atoms with Gasteiger partial charge in [-0.2, -0.15) is 5.10 Å². The molecular formula is C18H19N5O3. The fourth-order valence-electron chi connectivity index (χ4n) is 2.44. The van der Waals surface area contributed by atoms with Crippen molar-refractivity contribution < 1.29 is 14.0 Å². The number of nitrogens with zero attached hydrogens (tertiary/aromatic N) is 3. The van der Waals surface area contributed by atoms with Crippen molar-refractivity contribution in [2.45, 2.75) is 19.4 Å². The van der Waals surface area contributed by atoms with Gasteiger partial charge in [0.05, 0.1) is 18.0 Å². The first kappa shape index (κ1) is 17.4. The molecule has 0 spiro atoms. The van der Waals surface area contributed by atoms with E-state index in [2.05, 4.69) is 20.7 Å². The Balaban J connectivity index is 1.45. The molecular weight excluding hydrogens is 334 g/mol. The molecule has 2 amide bonds. The van der Waals surface area contributed by atoms with Gasteiger partial charge >= 0.3 is 0 Å². The molecule has 8 nitrogen and oxygen atoms in total. The quantitative estimate of drug-likeness (QED) is 0.675. The lowest BCUT2D eigenvalue weighted by molar-refractivity contribution is -0.121. The maximum Gasteiger partial charge on any atom is 0.286 e. The van der Waals surface area contributed by atoms with E-state index in [9.17, 15) is 9.59 Å². The van der Waals surface area contributed by atoms with E-state index in [0.29, 0.717) is 0 Å². The molecule has 134 valence electrons. The van der Waals surface area contributed by atoms with Crippen LogP contribution in [0.4, 0.5) is 0 Å². The number of rotatable bonds is 7. The van der Waals surface area contributed by atoms with E-state index >= 15 is 0 Å². The van der Waals surface area contributed by atoms with Crippen molar-refractivity contribution in [3.8, 4) is 5.69 Å². The molecule has 2 aromatic heterocycles. The molecule has 0 bridgehead atoms. The van der Waals surface area contributed by atoms with E-state index in [1.54, 1.807) is 23.1 Å². The van der Waals surface area contributed by atoms with Crippen molar-refractivity contribution in [3.63, 3.8) is 0 Å². The molecule has 1 aromatic carbocycles. The molecule has 0 aliphatic rings. The maximum atomic E-state index is 12.0. The molecule has 0 radical (unpaired) electrons. The van der Waals surface area contributed by atoms with Crippen LogP contribution in [0, 0.1) is 0 Å². The van der Waals surface area contributed by atoms with E-state index in [0.717, 1.165) is 11.3 Å². The highest BCUT2D eigenvalue weighted by Crippen LogP contribution is 2.15. The summed E-state index contributed by atoms with van der Waals surface area (Å²) in [4.78, 5) is 27.7. The second-order valence-electron chi connectivity index (χ2n) is 5.70. The van der Waals surface area contributed by atoms with Crippen LogP contribution in [0.3, 0.4) is 0 Å². The summed E-state index contributed by atoms with van der Waals surface area (Å²) in [6.07, 6.45) is 4.71. The van der Waals surface area contributed by atoms with Gasteiger partial charge in [0.2, 0.25) is 5.91 Å². The standard InChI is InChI=1S/C18H19N5O3/c1-13(14-4-6-15(7-5-14)23-12-19-11-21-23)22-17(24)8-9-20-18(25)16-3-2-10-26-16/h2-7,10-13H,8-9H2,1H3,(H,20,25)(H,22,24)/t13-/m1/s1. The van der Waals surface area contributed by atoms with Gasteiger partial charge in [0.25, 0.3) is 5.91 Å². The van der Waals surface area contributed by atoms with Gasteiger partial charge in [-0.1, -0.05) is 12.1 Å². The van der Waals surface area contributed by atoms with Crippen LogP contribution in [0.15, 0.2) is 59.7 Å². The highest BCUT2D eigenvalue weighted by molar-refractivity contribution is 5.91. The van der Waals surface area contributed by atoms with Gasteiger partial charge in [-0.3, -0.25) is 9.59 Å². The Bertz CT molecular complexity index is 842. The number of aromatic nitrogens is 3. The first-order chi connectivity index (χ1) is 12.6. The Morgan fingerprint density at radius 3 is 2.69 bits per heavy atom. The minimum Gasteiger partial charge on any atom is -0.459 e. The molecule has 1 atom stereocenters. The van der Waals surface area contributed by atoms with Gasteiger partial charge < -0.3 is 15.1 Å². The van der Waals surface area contributed by atoms with Crippen molar-refractivity contribution in [3.05, 3.63) is 66.6 Å². The summed E-state index contributed by atoms with van der Waals surface area (Å²) in [6.45, 7) is 2.15. The lowest BCUT2D eigenvalue weighted by Gasteiger charge is -2.15. The smallest absolute Gasteiger partial charge is 0.286 e. The maximum absolute atomic E-state index is 12.0.